The first-order valence-corrected chi connectivity index (χ1v) is 10.6. The minimum Gasteiger partial charge on any atom is -0.492 e. The summed E-state index contributed by atoms with van der Waals surface area (Å²) in [6.45, 7) is -0.894. The highest BCUT2D eigenvalue weighted by molar-refractivity contribution is 5.75. The van der Waals surface area contributed by atoms with Crippen LogP contribution in [0, 0.1) is 0 Å². The summed E-state index contributed by atoms with van der Waals surface area (Å²) < 4.78 is 12.8. The molecule has 0 aromatic carbocycles. The molecule has 0 radical (unpaired) electrons. The summed E-state index contributed by atoms with van der Waals surface area (Å²) in [4.78, 5) is 35.8. The number of aromatic amines is 1. The van der Waals surface area contributed by atoms with Crippen LogP contribution in [0.15, 0.2) is 34.5 Å². The second-order valence-corrected chi connectivity index (χ2v) is 8.00. The third-order valence-corrected chi connectivity index (χ3v) is 5.77. The number of ether oxygens (including phenoxy) is 2. The molecule has 0 bridgehead atoms. The van der Waals surface area contributed by atoms with E-state index in [0.717, 1.165) is 23.2 Å². The van der Waals surface area contributed by atoms with Crippen molar-refractivity contribution in [3.63, 3.8) is 0 Å². The number of nitrogens with one attached hydrogen (secondary N) is 1. The van der Waals surface area contributed by atoms with Gasteiger partial charge in [0.2, 0.25) is 5.88 Å². The highest BCUT2D eigenvalue weighted by Gasteiger charge is 2.44. The standard InChI is InChI=1S/C10H12N4O5.C9H12N2O6/c15-1-4-6(16)7(17)10(19-4)14-3-13-5-8(14)11-2-12-9(5)18;12-3-4-6(14)7(15)8(17-4)11-2-1-5(13)10-9(11)16/h2-4,6-7,10,15-17H,1H2,(H,11,12,18);1-2,4,6-8,12,14-15H,3H2,(H,10,13,16)/t4-,6-,7-,10-;4-,6-,7-,8-/m11/s1. The topological polar surface area (TPSA) is 259 Å². The molecule has 3 aromatic heterocycles. The molecule has 8 N–H and O–H groups in total. The number of rotatable bonds is 4. The van der Waals surface area contributed by atoms with Crippen LogP contribution in [-0.2, 0) is 9.47 Å². The van der Waals surface area contributed by atoms with Gasteiger partial charge in [0.15, 0.2) is 23.6 Å². The molecule has 2 aliphatic rings. The summed E-state index contributed by atoms with van der Waals surface area (Å²) in [6.07, 6.45) is -5.37. The SMILES string of the molecule is O=c1ccn([C@@H]2O[C@H](CO)[C@@H](O)[C@H]2O)c(=O)[nH]1.OC[C@H]1O[C@@H](n2cnc3c(O)ncnc32)[C@H](O)[C@@H]1O. The van der Waals surface area contributed by atoms with Crippen LogP contribution in [0.3, 0.4) is 0 Å². The summed E-state index contributed by atoms with van der Waals surface area (Å²) in [5, 5.41) is 66.3. The van der Waals surface area contributed by atoms with Gasteiger partial charge in [-0.25, -0.2) is 14.8 Å². The smallest absolute Gasteiger partial charge is 0.330 e. The normalized spacial score (nSPS) is 31.9. The Morgan fingerprint density at radius 3 is 1.97 bits per heavy atom. The predicted octanol–water partition coefficient (Wildman–Crippen LogP) is -4.71. The van der Waals surface area contributed by atoms with Gasteiger partial charge in [-0.1, -0.05) is 0 Å². The minimum absolute atomic E-state index is 0.167. The first-order chi connectivity index (χ1) is 17.2. The molecule has 36 heavy (non-hydrogen) atoms. The van der Waals surface area contributed by atoms with E-state index in [2.05, 4.69) is 15.0 Å². The van der Waals surface area contributed by atoms with E-state index >= 15 is 0 Å². The Morgan fingerprint density at radius 1 is 0.861 bits per heavy atom. The molecule has 196 valence electrons. The van der Waals surface area contributed by atoms with Gasteiger partial charge >= 0.3 is 5.69 Å². The maximum Gasteiger partial charge on any atom is 0.330 e. The van der Waals surface area contributed by atoms with E-state index < -0.39 is 73.5 Å². The van der Waals surface area contributed by atoms with Crippen LogP contribution in [0.4, 0.5) is 0 Å². The highest BCUT2D eigenvalue weighted by atomic mass is 16.6. The Labute approximate surface area is 200 Å². The van der Waals surface area contributed by atoms with Crippen molar-refractivity contribution >= 4 is 11.2 Å². The fraction of sp³-hybridized carbons (Fsp3) is 0.526. The lowest BCUT2D eigenvalue weighted by molar-refractivity contribution is -0.0550. The lowest BCUT2D eigenvalue weighted by Gasteiger charge is -2.16. The fourth-order valence-electron chi connectivity index (χ4n) is 3.87. The van der Waals surface area contributed by atoms with Gasteiger partial charge in [0.25, 0.3) is 5.56 Å². The number of aliphatic hydroxyl groups is 6. The van der Waals surface area contributed by atoms with Crippen LogP contribution in [0.5, 0.6) is 5.88 Å². The number of H-pyrrole nitrogens is 1. The Hall–Kier alpha value is -3.29. The molecule has 3 aromatic rings. The molecule has 17 heteroatoms. The van der Waals surface area contributed by atoms with E-state index in [9.17, 15) is 35.1 Å². The third kappa shape index (κ3) is 4.61. The Morgan fingerprint density at radius 2 is 1.44 bits per heavy atom. The molecule has 5 rings (SSSR count). The highest BCUT2D eigenvalue weighted by Crippen LogP contribution is 2.32. The first kappa shape index (κ1) is 25.8. The average molecular weight is 512 g/mol. The fourth-order valence-corrected chi connectivity index (χ4v) is 3.87. The molecule has 0 saturated carbocycles. The Balaban J connectivity index is 0.000000170. The zero-order valence-corrected chi connectivity index (χ0v) is 18.3. The molecule has 0 aliphatic carbocycles. The van der Waals surface area contributed by atoms with Crippen molar-refractivity contribution in [1.29, 1.82) is 0 Å². The van der Waals surface area contributed by atoms with Crippen molar-refractivity contribution in [1.82, 2.24) is 29.1 Å². The van der Waals surface area contributed by atoms with E-state index in [1.165, 1.54) is 10.9 Å². The zero-order valence-electron chi connectivity index (χ0n) is 18.3. The number of hydrogen-bond acceptors (Lipinski definition) is 14. The van der Waals surface area contributed by atoms with Crippen LogP contribution in [-0.4, -0.2) is 115 Å². The van der Waals surface area contributed by atoms with E-state index in [1.807, 2.05) is 4.98 Å². The predicted molar refractivity (Wildman–Crippen MR) is 114 cm³/mol. The van der Waals surface area contributed by atoms with Crippen LogP contribution in [0.2, 0.25) is 0 Å². The van der Waals surface area contributed by atoms with E-state index in [1.54, 1.807) is 0 Å². The molecular formula is C19H24N6O11. The second-order valence-electron chi connectivity index (χ2n) is 8.00. The average Bonchev–Trinajstić information content (AvgIpc) is 3.50. The third-order valence-electron chi connectivity index (χ3n) is 5.77. The van der Waals surface area contributed by atoms with Gasteiger partial charge in [-0.2, -0.15) is 4.98 Å². The molecule has 2 saturated heterocycles. The van der Waals surface area contributed by atoms with Gasteiger partial charge in [0.1, 0.15) is 43.0 Å². The van der Waals surface area contributed by atoms with Crippen molar-refractivity contribution in [2.24, 2.45) is 0 Å². The summed E-state index contributed by atoms with van der Waals surface area (Å²) >= 11 is 0. The maximum absolute atomic E-state index is 11.4. The first-order valence-electron chi connectivity index (χ1n) is 10.6. The monoisotopic (exact) mass is 512 g/mol. The van der Waals surface area contributed by atoms with Gasteiger partial charge in [0, 0.05) is 12.3 Å². The van der Waals surface area contributed by atoms with E-state index in [0.29, 0.717) is 0 Å². The molecular weight excluding hydrogens is 488 g/mol. The van der Waals surface area contributed by atoms with Crippen LogP contribution >= 0.6 is 0 Å². The van der Waals surface area contributed by atoms with E-state index in [4.69, 9.17) is 19.7 Å². The summed E-state index contributed by atoms with van der Waals surface area (Å²) in [5.74, 6) is -0.282. The van der Waals surface area contributed by atoms with Crippen molar-refractivity contribution in [3.05, 3.63) is 45.8 Å². The lowest BCUT2D eigenvalue weighted by Crippen LogP contribution is -2.37. The summed E-state index contributed by atoms with van der Waals surface area (Å²) in [7, 11) is 0. The number of aromatic nitrogens is 6. The van der Waals surface area contributed by atoms with Crippen LogP contribution < -0.4 is 11.2 Å². The number of hydrogen-bond donors (Lipinski definition) is 8. The minimum atomic E-state index is -1.35. The molecule has 0 amide bonds. The molecule has 0 spiro atoms. The molecule has 17 nitrogen and oxygen atoms in total. The van der Waals surface area contributed by atoms with Crippen molar-refractivity contribution < 1.29 is 45.2 Å². The van der Waals surface area contributed by atoms with Crippen LogP contribution in [0.1, 0.15) is 12.5 Å². The molecule has 0 unspecified atom stereocenters. The van der Waals surface area contributed by atoms with Gasteiger partial charge in [0.05, 0.1) is 19.5 Å². The molecule has 2 fully saturated rings. The summed E-state index contributed by atoms with van der Waals surface area (Å²) in [5.41, 5.74) is -0.895. The van der Waals surface area contributed by atoms with Crippen molar-refractivity contribution in [2.45, 2.75) is 49.1 Å². The van der Waals surface area contributed by atoms with Gasteiger partial charge in [-0.3, -0.25) is 18.9 Å². The van der Waals surface area contributed by atoms with Gasteiger partial charge in [-0.15, -0.1) is 0 Å². The Bertz CT molecular complexity index is 1310. The summed E-state index contributed by atoms with van der Waals surface area (Å²) in [6, 6.07) is 1.09. The van der Waals surface area contributed by atoms with Gasteiger partial charge < -0.3 is 45.2 Å². The number of imidazole rings is 1. The zero-order chi connectivity index (χ0) is 26.1. The second kappa shape index (κ2) is 10.4. The quantitative estimate of drug-likeness (QED) is 0.163. The van der Waals surface area contributed by atoms with Crippen molar-refractivity contribution in [2.75, 3.05) is 13.2 Å². The van der Waals surface area contributed by atoms with Crippen LogP contribution in [0.25, 0.3) is 11.2 Å². The Kier molecular flexibility index (Phi) is 7.43. The lowest BCUT2D eigenvalue weighted by atomic mass is 10.1. The number of nitrogens with zero attached hydrogens (tertiary/aromatic N) is 5. The number of fused-ring (bicyclic) bond motifs is 1. The molecule has 8 atom stereocenters. The van der Waals surface area contributed by atoms with Crippen molar-refractivity contribution in [3.8, 4) is 5.88 Å². The van der Waals surface area contributed by atoms with Gasteiger partial charge in [-0.05, 0) is 0 Å². The molecule has 5 heterocycles. The number of aliphatic hydroxyl groups excluding tert-OH is 6. The largest absolute Gasteiger partial charge is 0.492 e. The van der Waals surface area contributed by atoms with E-state index in [-0.39, 0.29) is 17.0 Å². The molecule has 2 aliphatic heterocycles. The maximum atomic E-state index is 11.4. The number of aromatic hydroxyl groups is 1.